The number of amides is 2. The van der Waals surface area contributed by atoms with Crippen LogP contribution in [0, 0.1) is 10.1 Å². The second-order valence-corrected chi connectivity index (χ2v) is 5.11. The Bertz CT molecular complexity index is 813. The molecule has 0 saturated carbocycles. The minimum atomic E-state index is -0.492. The molecule has 128 valence electrons. The molecule has 7 nitrogen and oxygen atoms in total. The highest BCUT2D eigenvalue weighted by molar-refractivity contribution is 6.02. The lowest BCUT2D eigenvalue weighted by molar-refractivity contribution is -0.384. The van der Waals surface area contributed by atoms with E-state index in [1.165, 1.54) is 24.3 Å². The molecule has 0 heterocycles. The number of hydrogen-bond acceptors (Lipinski definition) is 4. The number of nitrogens with zero attached hydrogens (tertiary/aromatic N) is 1. The lowest BCUT2D eigenvalue weighted by Crippen LogP contribution is -2.22. The Morgan fingerprint density at radius 3 is 2.52 bits per heavy atom. The highest BCUT2D eigenvalue weighted by atomic mass is 16.6. The van der Waals surface area contributed by atoms with Gasteiger partial charge in [-0.15, -0.1) is 0 Å². The Hall–Kier alpha value is -3.48. The van der Waals surface area contributed by atoms with Gasteiger partial charge in [-0.1, -0.05) is 12.1 Å². The van der Waals surface area contributed by atoms with Crippen molar-refractivity contribution in [2.75, 3.05) is 11.9 Å². The summed E-state index contributed by atoms with van der Waals surface area (Å²) in [4.78, 5) is 33.8. The van der Waals surface area contributed by atoms with Crippen molar-refractivity contribution in [3.05, 3.63) is 75.8 Å². The van der Waals surface area contributed by atoms with Crippen molar-refractivity contribution < 1.29 is 14.5 Å². The van der Waals surface area contributed by atoms with Gasteiger partial charge in [-0.3, -0.25) is 19.7 Å². The average molecular weight is 339 g/mol. The Labute approximate surface area is 144 Å². The van der Waals surface area contributed by atoms with Gasteiger partial charge in [-0.2, -0.15) is 0 Å². The lowest BCUT2D eigenvalue weighted by atomic mass is 10.2. The highest BCUT2D eigenvalue weighted by Gasteiger charge is 2.06. The summed E-state index contributed by atoms with van der Waals surface area (Å²) in [5.74, 6) is -0.553. The fourth-order valence-corrected chi connectivity index (χ4v) is 2.07. The minimum absolute atomic E-state index is 0.0384. The van der Waals surface area contributed by atoms with E-state index in [-0.39, 0.29) is 17.5 Å². The summed E-state index contributed by atoms with van der Waals surface area (Å²) in [7, 11) is 0. The van der Waals surface area contributed by atoms with Crippen LogP contribution in [0.3, 0.4) is 0 Å². The zero-order valence-corrected chi connectivity index (χ0v) is 13.6. The van der Waals surface area contributed by atoms with Crippen molar-refractivity contribution in [2.45, 2.75) is 6.92 Å². The largest absolute Gasteiger partial charge is 0.352 e. The summed E-state index contributed by atoms with van der Waals surface area (Å²) in [6.45, 7) is 2.37. The number of anilines is 1. The molecule has 2 amide bonds. The van der Waals surface area contributed by atoms with Gasteiger partial charge in [-0.05, 0) is 42.8 Å². The van der Waals surface area contributed by atoms with E-state index >= 15 is 0 Å². The minimum Gasteiger partial charge on any atom is -0.352 e. The first kappa shape index (κ1) is 17.9. The predicted octanol–water partition coefficient (Wildman–Crippen LogP) is 3.00. The SMILES string of the molecule is CCNC(=O)c1ccc(NC(=O)/C=C/c2cccc([N+](=O)[O-])c2)cc1. The molecule has 2 N–H and O–H groups in total. The number of non-ortho nitro benzene ring substituents is 1. The Kier molecular flexibility index (Phi) is 6.00. The molecule has 2 rings (SSSR count). The molecular formula is C18H17N3O4. The number of benzene rings is 2. The predicted molar refractivity (Wildman–Crippen MR) is 95.2 cm³/mol. The molecule has 25 heavy (non-hydrogen) atoms. The lowest BCUT2D eigenvalue weighted by Gasteiger charge is -2.05. The monoisotopic (exact) mass is 339 g/mol. The Balaban J connectivity index is 1.99. The topological polar surface area (TPSA) is 101 Å². The Morgan fingerprint density at radius 2 is 1.88 bits per heavy atom. The van der Waals surface area contributed by atoms with Gasteiger partial charge in [0, 0.05) is 36.0 Å². The summed E-state index contributed by atoms with van der Waals surface area (Å²) in [6.07, 6.45) is 2.78. The van der Waals surface area contributed by atoms with E-state index in [1.54, 1.807) is 36.4 Å². The van der Waals surface area contributed by atoms with Gasteiger partial charge in [0.2, 0.25) is 5.91 Å². The zero-order chi connectivity index (χ0) is 18.2. The molecule has 0 aliphatic heterocycles. The summed E-state index contributed by atoms with van der Waals surface area (Å²) in [5, 5.41) is 16.1. The van der Waals surface area contributed by atoms with Gasteiger partial charge in [0.05, 0.1) is 4.92 Å². The third-order valence-electron chi connectivity index (χ3n) is 3.26. The standard InChI is InChI=1S/C18H17N3O4/c1-2-19-18(23)14-7-9-15(10-8-14)20-17(22)11-6-13-4-3-5-16(12-13)21(24)25/h3-12H,2H2,1H3,(H,19,23)(H,20,22)/b11-6+. The number of carbonyl (C=O) groups is 2. The molecular weight excluding hydrogens is 322 g/mol. The second-order valence-electron chi connectivity index (χ2n) is 5.11. The number of hydrogen-bond donors (Lipinski definition) is 2. The highest BCUT2D eigenvalue weighted by Crippen LogP contribution is 2.14. The van der Waals surface area contributed by atoms with Crippen molar-refractivity contribution in [3.8, 4) is 0 Å². The molecule has 0 spiro atoms. The molecule has 0 saturated heterocycles. The smallest absolute Gasteiger partial charge is 0.270 e. The van der Waals surface area contributed by atoms with E-state index in [0.717, 1.165) is 0 Å². The van der Waals surface area contributed by atoms with E-state index < -0.39 is 4.92 Å². The number of nitro groups is 1. The number of carbonyl (C=O) groups excluding carboxylic acids is 2. The van der Waals surface area contributed by atoms with Crippen molar-refractivity contribution in [2.24, 2.45) is 0 Å². The van der Waals surface area contributed by atoms with Crippen molar-refractivity contribution >= 4 is 29.3 Å². The molecule has 0 unspecified atom stereocenters. The van der Waals surface area contributed by atoms with Crippen molar-refractivity contribution in [3.63, 3.8) is 0 Å². The number of rotatable bonds is 6. The van der Waals surface area contributed by atoms with Gasteiger partial charge in [-0.25, -0.2) is 0 Å². The maximum absolute atomic E-state index is 11.9. The van der Waals surface area contributed by atoms with E-state index in [9.17, 15) is 19.7 Å². The summed E-state index contributed by atoms with van der Waals surface area (Å²) >= 11 is 0. The van der Waals surface area contributed by atoms with Crippen LogP contribution in [-0.2, 0) is 4.79 Å². The molecule has 0 aliphatic rings. The van der Waals surface area contributed by atoms with E-state index in [0.29, 0.717) is 23.4 Å². The first-order valence-electron chi connectivity index (χ1n) is 7.61. The molecule has 0 fully saturated rings. The van der Waals surface area contributed by atoms with Gasteiger partial charge in [0.1, 0.15) is 0 Å². The third kappa shape index (κ3) is 5.28. The normalized spacial score (nSPS) is 10.4. The van der Waals surface area contributed by atoms with Gasteiger partial charge in [0.25, 0.3) is 11.6 Å². The zero-order valence-electron chi connectivity index (χ0n) is 13.6. The third-order valence-corrected chi connectivity index (χ3v) is 3.26. The summed E-state index contributed by atoms with van der Waals surface area (Å²) < 4.78 is 0. The fourth-order valence-electron chi connectivity index (χ4n) is 2.07. The first-order chi connectivity index (χ1) is 12.0. The molecule has 7 heteroatoms. The molecule has 0 aliphatic carbocycles. The van der Waals surface area contributed by atoms with E-state index in [1.807, 2.05) is 6.92 Å². The summed E-state index contributed by atoms with van der Waals surface area (Å²) in [6, 6.07) is 12.5. The van der Waals surface area contributed by atoms with Crippen LogP contribution >= 0.6 is 0 Å². The Morgan fingerprint density at radius 1 is 1.16 bits per heavy atom. The maximum atomic E-state index is 11.9. The maximum Gasteiger partial charge on any atom is 0.270 e. The van der Waals surface area contributed by atoms with E-state index in [2.05, 4.69) is 10.6 Å². The van der Waals surface area contributed by atoms with Gasteiger partial charge >= 0.3 is 0 Å². The van der Waals surface area contributed by atoms with Crippen LogP contribution in [0.1, 0.15) is 22.8 Å². The number of nitrogens with one attached hydrogen (secondary N) is 2. The average Bonchev–Trinajstić information content (AvgIpc) is 2.61. The second kappa shape index (κ2) is 8.39. The van der Waals surface area contributed by atoms with Crippen LogP contribution < -0.4 is 10.6 Å². The van der Waals surface area contributed by atoms with Crippen LogP contribution in [0.5, 0.6) is 0 Å². The van der Waals surface area contributed by atoms with Gasteiger partial charge < -0.3 is 10.6 Å². The van der Waals surface area contributed by atoms with E-state index in [4.69, 9.17) is 0 Å². The summed E-state index contributed by atoms with van der Waals surface area (Å²) in [5.41, 5.74) is 1.56. The van der Waals surface area contributed by atoms with Crippen LogP contribution in [0.15, 0.2) is 54.6 Å². The van der Waals surface area contributed by atoms with Crippen molar-refractivity contribution in [1.82, 2.24) is 5.32 Å². The molecule has 0 aromatic heterocycles. The van der Waals surface area contributed by atoms with Gasteiger partial charge in [0.15, 0.2) is 0 Å². The fraction of sp³-hybridized carbons (Fsp3) is 0.111. The molecule has 2 aromatic carbocycles. The first-order valence-corrected chi connectivity index (χ1v) is 7.61. The molecule has 2 aromatic rings. The van der Waals surface area contributed by atoms with Crippen LogP contribution in [0.4, 0.5) is 11.4 Å². The van der Waals surface area contributed by atoms with Crippen molar-refractivity contribution in [1.29, 1.82) is 0 Å². The molecule has 0 bridgehead atoms. The number of nitro benzene ring substituents is 1. The van der Waals surface area contributed by atoms with Crippen LogP contribution in [-0.4, -0.2) is 23.3 Å². The van der Waals surface area contributed by atoms with Crippen LogP contribution in [0.2, 0.25) is 0 Å². The molecule has 0 atom stereocenters. The van der Waals surface area contributed by atoms with Crippen LogP contribution in [0.25, 0.3) is 6.08 Å². The molecule has 0 radical (unpaired) electrons. The quantitative estimate of drug-likeness (QED) is 0.480.